The summed E-state index contributed by atoms with van der Waals surface area (Å²) in [6, 6.07) is 0. The van der Waals surface area contributed by atoms with Crippen molar-refractivity contribution in [2.75, 3.05) is 94.3 Å². The van der Waals surface area contributed by atoms with Crippen molar-refractivity contribution in [2.45, 2.75) is 62.3 Å². The summed E-state index contributed by atoms with van der Waals surface area (Å²) in [7, 11) is 6.18. The number of methoxy groups -OCH3 is 2. The smallest absolute Gasteiger partial charge is 0.417 e. The Balaban J connectivity index is -0.000000113. The Bertz CT molecular complexity index is 414. The predicted molar refractivity (Wildman–Crippen MR) is 143 cm³/mol. The number of esters is 2. The largest absolute Gasteiger partial charge is 0.907 e. The Kier molecular flexibility index (Phi) is 33.3. The van der Waals surface area contributed by atoms with E-state index in [4.69, 9.17) is 15.1 Å². The average Bonchev–Trinajstić information content (AvgIpc) is 2.91. The van der Waals surface area contributed by atoms with E-state index in [2.05, 4.69) is 92.9 Å². The first-order valence-corrected chi connectivity index (χ1v) is 13.1. The molecule has 0 unspecified atom stereocenters. The molecule has 0 amide bonds. The van der Waals surface area contributed by atoms with Gasteiger partial charge in [0.2, 0.25) is 0 Å². The molecule has 10 nitrogen and oxygen atoms in total. The van der Waals surface area contributed by atoms with Crippen LogP contribution in [0.1, 0.15) is 62.3 Å². The SMILES string of the molecule is CC[N+](C)(CC)CC.CC[N+](C)(CC)CC.CC[N+](C)(CC)CC.COC(=O)C(=O)OC.[O-]B([O-])[O-]. The topological polar surface area (TPSA) is 122 Å². The summed E-state index contributed by atoms with van der Waals surface area (Å²) < 4.78 is 11.6. The maximum Gasteiger partial charge on any atom is 0.417 e. The van der Waals surface area contributed by atoms with Crippen LogP contribution >= 0.6 is 0 Å². The van der Waals surface area contributed by atoms with Gasteiger partial charge in [0.25, 0.3) is 0 Å². The quantitative estimate of drug-likeness (QED) is 0.178. The van der Waals surface area contributed by atoms with Crippen LogP contribution in [0, 0.1) is 0 Å². The first kappa shape index (κ1) is 44.7. The highest BCUT2D eigenvalue weighted by Crippen LogP contribution is 1.99. The highest BCUT2D eigenvalue weighted by molar-refractivity contribution is 6.29. The van der Waals surface area contributed by atoms with Crippen LogP contribution in [0.5, 0.6) is 0 Å². The third-order valence-electron chi connectivity index (χ3n) is 7.41. The molecule has 36 heavy (non-hydrogen) atoms. The van der Waals surface area contributed by atoms with Crippen molar-refractivity contribution in [2.24, 2.45) is 0 Å². The summed E-state index contributed by atoms with van der Waals surface area (Å²) in [4.78, 5) is 20.1. The van der Waals surface area contributed by atoms with E-state index in [1.54, 1.807) is 0 Å². The number of rotatable bonds is 9. The molecule has 0 N–H and O–H groups in total. The van der Waals surface area contributed by atoms with Gasteiger partial charge in [-0.2, -0.15) is 0 Å². The first-order chi connectivity index (χ1) is 16.5. The van der Waals surface area contributed by atoms with Crippen molar-refractivity contribution in [1.82, 2.24) is 0 Å². The van der Waals surface area contributed by atoms with Gasteiger partial charge in [-0.15, -0.1) is 0 Å². The van der Waals surface area contributed by atoms with E-state index in [-0.39, 0.29) is 0 Å². The van der Waals surface area contributed by atoms with Crippen LogP contribution in [-0.2, 0) is 19.1 Å². The highest BCUT2D eigenvalue weighted by Gasteiger charge is 2.13. The second kappa shape index (κ2) is 26.8. The van der Waals surface area contributed by atoms with E-state index >= 15 is 0 Å². The molecule has 0 radical (unpaired) electrons. The molecule has 0 saturated carbocycles. The van der Waals surface area contributed by atoms with Gasteiger partial charge in [-0.3, -0.25) is 7.32 Å². The summed E-state index contributed by atoms with van der Waals surface area (Å²) in [5.74, 6) is -1.96. The summed E-state index contributed by atoms with van der Waals surface area (Å²) in [5.41, 5.74) is 0. The van der Waals surface area contributed by atoms with Gasteiger partial charge in [-0.25, -0.2) is 9.59 Å². The van der Waals surface area contributed by atoms with Crippen molar-refractivity contribution in [1.29, 1.82) is 0 Å². The van der Waals surface area contributed by atoms with Gasteiger partial charge in [0.1, 0.15) is 0 Å². The number of carbonyl (C=O) groups is 2. The zero-order valence-electron chi connectivity index (χ0n) is 26.1. The van der Waals surface area contributed by atoms with E-state index in [0.29, 0.717) is 0 Å². The molecule has 0 atom stereocenters. The molecule has 0 aliphatic rings. The van der Waals surface area contributed by atoms with Crippen molar-refractivity contribution in [3.8, 4) is 0 Å². The Hall–Kier alpha value is -1.24. The van der Waals surface area contributed by atoms with Crippen LogP contribution in [0.25, 0.3) is 0 Å². The zero-order chi connectivity index (χ0) is 30.0. The molecule has 0 aromatic rings. The van der Waals surface area contributed by atoms with Crippen molar-refractivity contribution < 1.29 is 47.6 Å². The van der Waals surface area contributed by atoms with Gasteiger partial charge in [0.05, 0.1) is 94.3 Å². The lowest BCUT2D eigenvalue weighted by Gasteiger charge is -2.35. The molecule has 220 valence electrons. The van der Waals surface area contributed by atoms with Gasteiger partial charge >= 0.3 is 11.9 Å². The Morgan fingerprint density at radius 3 is 0.639 bits per heavy atom. The molecule has 0 aliphatic heterocycles. The van der Waals surface area contributed by atoms with Crippen molar-refractivity contribution >= 4 is 19.3 Å². The number of hydrogen-bond donors (Lipinski definition) is 0. The fourth-order valence-electron chi connectivity index (χ4n) is 2.18. The second-order valence-corrected chi connectivity index (χ2v) is 8.98. The fourth-order valence-corrected chi connectivity index (χ4v) is 2.18. The molecule has 0 saturated heterocycles. The average molecular weight is 526 g/mol. The van der Waals surface area contributed by atoms with Gasteiger partial charge < -0.3 is 38.0 Å². The molecule has 0 aromatic carbocycles. The number of carbonyl (C=O) groups excluding carboxylic acids is 2. The molecule has 0 rings (SSSR count). The molecule has 0 spiro atoms. The van der Waals surface area contributed by atoms with Crippen LogP contribution in [-0.4, -0.2) is 127 Å². The molecule has 0 bridgehead atoms. The van der Waals surface area contributed by atoms with E-state index in [0.717, 1.165) is 14.2 Å². The predicted octanol–water partition coefficient (Wildman–Crippen LogP) is -0.137. The summed E-state index contributed by atoms with van der Waals surface area (Å²) in [5, 5.41) is 25.2. The lowest BCUT2D eigenvalue weighted by molar-refractivity contribution is -0.904. The van der Waals surface area contributed by atoms with Gasteiger partial charge in [-0.05, 0) is 62.3 Å². The number of nitrogens with zero attached hydrogens (tertiary/aromatic N) is 3. The van der Waals surface area contributed by atoms with Crippen molar-refractivity contribution in [3.05, 3.63) is 0 Å². The minimum Gasteiger partial charge on any atom is -0.907 e. The third-order valence-corrected chi connectivity index (χ3v) is 7.41. The minimum absolute atomic E-state index is 0.979. The van der Waals surface area contributed by atoms with Gasteiger partial charge in [0, 0.05) is 0 Å². The monoisotopic (exact) mass is 525 g/mol. The molecule has 0 aromatic heterocycles. The van der Waals surface area contributed by atoms with Crippen LogP contribution in [0.4, 0.5) is 0 Å². The summed E-state index contributed by atoms with van der Waals surface area (Å²) in [6.07, 6.45) is 0. The first-order valence-electron chi connectivity index (χ1n) is 13.1. The van der Waals surface area contributed by atoms with E-state index in [1.807, 2.05) is 0 Å². The van der Waals surface area contributed by atoms with E-state index in [1.165, 1.54) is 72.4 Å². The second-order valence-electron chi connectivity index (χ2n) is 8.98. The fraction of sp³-hybridized carbons (Fsp3) is 0.920. The van der Waals surface area contributed by atoms with Crippen LogP contribution in [0.3, 0.4) is 0 Å². The maximum absolute atomic E-state index is 10.0. The Labute approximate surface area is 223 Å². The van der Waals surface area contributed by atoms with E-state index < -0.39 is 19.3 Å². The minimum atomic E-state index is -2.92. The maximum atomic E-state index is 10.0. The summed E-state index contributed by atoms with van der Waals surface area (Å²) in [6.45, 7) is 31.5. The zero-order valence-corrected chi connectivity index (χ0v) is 26.1. The van der Waals surface area contributed by atoms with Crippen LogP contribution in [0.15, 0.2) is 0 Å². The van der Waals surface area contributed by atoms with Crippen LogP contribution in [0.2, 0.25) is 0 Å². The number of quaternary nitrogens is 3. The Morgan fingerprint density at radius 1 is 0.500 bits per heavy atom. The molecule has 0 heterocycles. The van der Waals surface area contributed by atoms with Crippen molar-refractivity contribution in [3.63, 3.8) is 0 Å². The molecular formula is C25H60BN3O7. The van der Waals surface area contributed by atoms with Gasteiger partial charge in [0.15, 0.2) is 0 Å². The van der Waals surface area contributed by atoms with E-state index in [9.17, 15) is 9.59 Å². The normalized spacial score (nSPS) is 10.5. The molecule has 0 aliphatic carbocycles. The highest BCUT2D eigenvalue weighted by atomic mass is 16.6. The lowest BCUT2D eigenvalue weighted by atomic mass is 10.3. The Morgan fingerprint density at radius 2 is 0.611 bits per heavy atom. The molecule has 0 fully saturated rings. The lowest BCUT2D eigenvalue weighted by Crippen LogP contribution is -2.56. The standard InChI is InChI=1S/3C7H18N.C4H6O4.BO3/c3*1-5-8(4,6-2)7-3;1-7-3(5)4(6)8-2;2-1(3)4/h3*5-7H2,1-4H3;1-2H3;/q3*+1;;-3. The molecular weight excluding hydrogens is 465 g/mol. The third kappa shape index (κ3) is 29.0. The van der Waals surface area contributed by atoms with Crippen LogP contribution < -0.4 is 15.1 Å². The van der Waals surface area contributed by atoms with Gasteiger partial charge in [-0.1, -0.05) is 0 Å². The molecule has 11 heteroatoms. The number of hydrogen-bond acceptors (Lipinski definition) is 7. The summed E-state index contributed by atoms with van der Waals surface area (Å²) >= 11 is 0. The number of ether oxygens (including phenoxy) is 2.